The molecule has 0 radical (unpaired) electrons. The summed E-state index contributed by atoms with van der Waals surface area (Å²) in [6.45, 7) is 1.68. The lowest BCUT2D eigenvalue weighted by atomic mass is 10.1. The predicted octanol–water partition coefficient (Wildman–Crippen LogP) is 3.10. The summed E-state index contributed by atoms with van der Waals surface area (Å²) >= 11 is 6.10. The van der Waals surface area contributed by atoms with Crippen LogP contribution < -0.4 is 14.2 Å². The third kappa shape index (κ3) is 3.10. The van der Waals surface area contributed by atoms with Crippen LogP contribution in [-0.2, 0) is 13.1 Å². The number of methoxy groups -OCH3 is 1. The minimum atomic E-state index is 0.232. The predicted molar refractivity (Wildman–Crippen MR) is 83.5 cm³/mol. The third-order valence-electron chi connectivity index (χ3n) is 3.45. The van der Waals surface area contributed by atoms with Crippen LogP contribution in [0, 0.1) is 0 Å². The molecule has 1 aliphatic heterocycles. The van der Waals surface area contributed by atoms with E-state index >= 15 is 0 Å². The first kappa shape index (κ1) is 14.9. The summed E-state index contributed by atoms with van der Waals surface area (Å²) in [5.41, 5.74) is 2.09. The molecule has 116 valence electrons. The largest absolute Gasteiger partial charge is 0.493 e. The molecule has 0 atom stereocenters. The van der Waals surface area contributed by atoms with Gasteiger partial charge in [0.1, 0.15) is 5.15 Å². The van der Waals surface area contributed by atoms with Gasteiger partial charge in [0, 0.05) is 24.8 Å². The van der Waals surface area contributed by atoms with Crippen molar-refractivity contribution < 1.29 is 14.2 Å². The molecule has 22 heavy (non-hydrogen) atoms. The molecule has 0 spiro atoms. The first-order chi connectivity index (χ1) is 10.7. The molecular weight excluding hydrogens is 304 g/mol. The fraction of sp³-hybridized carbons (Fsp3) is 0.312. The average Bonchev–Trinajstić information content (AvgIpc) is 2.97. The molecular formula is C16H17ClN2O3. The SMILES string of the molecule is COc1cc(CN(C)Cc2cccnc2Cl)cc2c1OCO2. The molecule has 0 saturated heterocycles. The van der Waals surface area contributed by atoms with Crippen LogP contribution in [0.15, 0.2) is 30.5 Å². The van der Waals surface area contributed by atoms with Crippen molar-refractivity contribution in [2.24, 2.45) is 0 Å². The van der Waals surface area contributed by atoms with Crippen LogP contribution in [0.25, 0.3) is 0 Å². The molecule has 2 heterocycles. The van der Waals surface area contributed by atoms with Gasteiger partial charge in [0.25, 0.3) is 0 Å². The maximum Gasteiger partial charge on any atom is 0.231 e. The van der Waals surface area contributed by atoms with E-state index < -0.39 is 0 Å². The zero-order valence-corrected chi connectivity index (χ0v) is 13.3. The van der Waals surface area contributed by atoms with Crippen LogP contribution >= 0.6 is 11.6 Å². The van der Waals surface area contributed by atoms with Crippen molar-refractivity contribution in [2.75, 3.05) is 21.0 Å². The number of aromatic nitrogens is 1. The maximum atomic E-state index is 6.10. The highest BCUT2D eigenvalue weighted by atomic mass is 35.5. The van der Waals surface area contributed by atoms with Gasteiger partial charge < -0.3 is 14.2 Å². The topological polar surface area (TPSA) is 43.8 Å². The summed E-state index contributed by atoms with van der Waals surface area (Å²) < 4.78 is 16.2. The summed E-state index contributed by atoms with van der Waals surface area (Å²) in [6, 6.07) is 7.81. The van der Waals surface area contributed by atoms with E-state index in [1.54, 1.807) is 13.3 Å². The van der Waals surface area contributed by atoms with Crippen LogP contribution in [0.5, 0.6) is 17.2 Å². The lowest BCUT2D eigenvalue weighted by molar-refractivity contribution is 0.171. The van der Waals surface area contributed by atoms with E-state index in [9.17, 15) is 0 Å². The highest BCUT2D eigenvalue weighted by Crippen LogP contribution is 2.42. The monoisotopic (exact) mass is 320 g/mol. The van der Waals surface area contributed by atoms with Gasteiger partial charge in [-0.25, -0.2) is 4.98 Å². The zero-order valence-electron chi connectivity index (χ0n) is 12.5. The lowest BCUT2D eigenvalue weighted by Crippen LogP contribution is -2.17. The van der Waals surface area contributed by atoms with Crippen LogP contribution in [0.4, 0.5) is 0 Å². The second-order valence-electron chi connectivity index (χ2n) is 5.16. The number of rotatable bonds is 5. The molecule has 0 amide bonds. The number of hydrogen-bond acceptors (Lipinski definition) is 5. The Labute approximate surface area is 134 Å². The van der Waals surface area contributed by atoms with Crippen molar-refractivity contribution in [1.29, 1.82) is 0 Å². The molecule has 0 fully saturated rings. The number of halogens is 1. The zero-order chi connectivity index (χ0) is 15.5. The molecule has 2 aromatic rings. The van der Waals surface area contributed by atoms with E-state index in [4.69, 9.17) is 25.8 Å². The quantitative estimate of drug-likeness (QED) is 0.792. The highest BCUT2D eigenvalue weighted by Gasteiger charge is 2.20. The van der Waals surface area contributed by atoms with Crippen molar-refractivity contribution in [1.82, 2.24) is 9.88 Å². The summed E-state index contributed by atoms with van der Waals surface area (Å²) in [5.74, 6) is 2.09. The Hall–Kier alpha value is -1.98. The molecule has 0 unspecified atom stereocenters. The number of hydrogen-bond donors (Lipinski definition) is 0. The van der Waals surface area contributed by atoms with Gasteiger partial charge in [-0.05, 0) is 30.8 Å². The number of benzene rings is 1. The van der Waals surface area contributed by atoms with E-state index in [0.717, 1.165) is 23.4 Å². The molecule has 3 rings (SSSR count). The molecule has 1 aliphatic rings. The third-order valence-corrected chi connectivity index (χ3v) is 3.79. The fourth-order valence-corrected chi connectivity index (χ4v) is 2.65. The van der Waals surface area contributed by atoms with Crippen molar-refractivity contribution in [3.63, 3.8) is 0 Å². The standard InChI is InChI=1S/C16H17ClN2O3/c1-19(9-12-4-3-5-18-16(12)17)8-11-6-13(20-2)15-14(7-11)21-10-22-15/h3-7H,8-10H2,1-2H3. The highest BCUT2D eigenvalue weighted by molar-refractivity contribution is 6.30. The van der Waals surface area contributed by atoms with Gasteiger partial charge in [-0.1, -0.05) is 17.7 Å². The molecule has 0 N–H and O–H groups in total. The van der Waals surface area contributed by atoms with E-state index in [1.807, 2.05) is 31.3 Å². The van der Waals surface area contributed by atoms with Gasteiger partial charge >= 0.3 is 0 Å². The van der Waals surface area contributed by atoms with Gasteiger partial charge in [-0.3, -0.25) is 4.90 Å². The summed E-state index contributed by atoms with van der Waals surface area (Å²) in [4.78, 5) is 6.25. The van der Waals surface area contributed by atoms with Crippen molar-refractivity contribution in [3.05, 3.63) is 46.7 Å². The van der Waals surface area contributed by atoms with Crippen LogP contribution in [0.1, 0.15) is 11.1 Å². The number of nitrogens with zero attached hydrogens (tertiary/aromatic N) is 2. The van der Waals surface area contributed by atoms with Crippen molar-refractivity contribution in [2.45, 2.75) is 13.1 Å². The smallest absolute Gasteiger partial charge is 0.231 e. The Balaban J connectivity index is 1.74. The van der Waals surface area contributed by atoms with Gasteiger partial charge in [-0.2, -0.15) is 0 Å². The first-order valence-corrected chi connectivity index (χ1v) is 7.29. The number of fused-ring (bicyclic) bond motifs is 1. The van der Waals surface area contributed by atoms with Crippen LogP contribution in [0.3, 0.4) is 0 Å². The Morgan fingerprint density at radius 2 is 2.18 bits per heavy atom. The summed E-state index contributed by atoms with van der Waals surface area (Å²) in [6.07, 6.45) is 1.69. The normalized spacial score (nSPS) is 12.7. The van der Waals surface area contributed by atoms with E-state index in [2.05, 4.69) is 9.88 Å². The second kappa shape index (κ2) is 6.42. The van der Waals surface area contributed by atoms with Gasteiger partial charge in [0.15, 0.2) is 11.5 Å². The molecule has 1 aromatic carbocycles. The molecule has 0 aliphatic carbocycles. The Morgan fingerprint density at radius 1 is 1.32 bits per heavy atom. The Morgan fingerprint density at radius 3 is 2.95 bits per heavy atom. The first-order valence-electron chi connectivity index (χ1n) is 6.92. The second-order valence-corrected chi connectivity index (χ2v) is 5.52. The molecule has 0 bridgehead atoms. The van der Waals surface area contributed by atoms with Crippen molar-refractivity contribution >= 4 is 11.6 Å². The average molecular weight is 321 g/mol. The Kier molecular flexibility index (Phi) is 4.36. The minimum Gasteiger partial charge on any atom is -0.493 e. The number of pyridine rings is 1. The maximum absolute atomic E-state index is 6.10. The van der Waals surface area contributed by atoms with Crippen molar-refractivity contribution in [3.8, 4) is 17.2 Å². The van der Waals surface area contributed by atoms with E-state index in [0.29, 0.717) is 23.2 Å². The lowest BCUT2D eigenvalue weighted by Gasteiger charge is -2.18. The van der Waals surface area contributed by atoms with Gasteiger partial charge in [0.2, 0.25) is 12.5 Å². The minimum absolute atomic E-state index is 0.232. The summed E-state index contributed by atoms with van der Waals surface area (Å²) in [7, 11) is 3.65. The molecule has 5 nitrogen and oxygen atoms in total. The fourth-order valence-electron chi connectivity index (χ4n) is 2.47. The Bertz CT molecular complexity index is 678. The summed E-state index contributed by atoms with van der Waals surface area (Å²) in [5, 5.41) is 0.539. The van der Waals surface area contributed by atoms with Gasteiger partial charge in [-0.15, -0.1) is 0 Å². The van der Waals surface area contributed by atoms with Crippen LogP contribution in [-0.4, -0.2) is 30.8 Å². The van der Waals surface area contributed by atoms with E-state index in [1.165, 1.54) is 0 Å². The van der Waals surface area contributed by atoms with Gasteiger partial charge in [0.05, 0.1) is 7.11 Å². The molecule has 6 heteroatoms. The van der Waals surface area contributed by atoms with E-state index in [-0.39, 0.29) is 6.79 Å². The van der Waals surface area contributed by atoms with Crippen LogP contribution in [0.2, 0.25) is 5.15 Å². The molecule has 1 aromatic heterocycles. The molecule has 0 saturated carbocycles. The number of ether oxygens (including phenoxy) is 3.